The minimum atomic E-state index is -0.444. The van der Waals surface area contributed by atoms with Crippen LogP contribution in [0.5, 0.6) is 0 Å². The van der Waals surface area contributed by atoms with Crippen molar-refractivity contribution in [2.24, 2.45) is 17.8 Å². The van der Waals surface area contributed by atoms with E-state index in [1.807, 2.05) is 13.8 Å². The van der Waals surface area contributed by atoms with E-state index in [9.17, 15) is 91.1 Å². The number of likely N-dealkylation sites (tertiary alicyclic amines) is 9. The molecule has 3 atom stereocenters. The minimum absolute atomic E-state index is 0. The van der Waals surface area contributed by atoms with Crippen LogP contribution in [0.15, 0.2) is 0 Å². The number of imide groups is 9. The van der Waals surface area contributed by atoms with Gasteiger partial charge in [-0.05, 0) is 12.8 Å². The van der Waals surface area contributed by atoms with Crippen LogP contribution in [-0.2, 0) is 582 Å². The Hall–Kier alpha value is 8.29. The van der Waals surface area contributed by atoms with Gasteiger partial charge < -0.3 is 5.32 Å². The summed E-state index contributed by atoms with van der Waals surface area (Å²) in [7, 11) is 15.1. The molecule has 29 nitrogen and oxygen atoms in total. The number of hydrogen-bond donors (Lipinski definition) is 1. The Morgan fingerprint density at radius 3 is 0.480 bits per heavy atom. The summed E-state index contributed by atoms with van der Waals surface area (Å²) in [6, 6.07) is 0. The van der Waals surface area contributed by atoms with E-state index < -0.39 is 11.8 Å². The zero-order chi connectivity index (χ0) is 65.0. The van der Waals surface area contributed by atoms with Crippen molar-refractivity contribution in [3.05, 3.63) is 0 Å². The number of nitrogens with zero attached hydrogens (tertiary/aromatic N) is 9. The van der Waals surface area contributed by atoms with Gasteiger partial charge in [-0.3, -0.25) is 135 Å². The van der Waals surface area contributed by atoms with Gasteiger partial charge in [0.2, 0.25) is 112 Å². The standard InChI is InChI=1S/C11H14N2O4.C7H11NO2.6C5H7NO2.C4H9NO.C3H8.CH4.15Y/c1-12-8(14)4-6(10(12)16)3-7-5-9(15)13(2)11(7)17;1-3-5-4-6(9)8(2)7(5)10;6*1-6-4(7)2-3-5(6)8;1-3-4(6)5-2;1-3-2;;;;;;;;;;;;;;;;/h6-7H,3-5H2,1-2H3;5H,3-4H2,1-2H3;6*2-3H2,1H3;3H2,1-2H3,(H,5,6);3H2,1-2H3;1H4;;;;;;;;;;;;;;;. The first-order valence-corrected chi connectivity index (χ1v) is 27.5. The van der Waals surface area contributed by atoms with Gasteiger partial charge in [0.05, 0.1) is 0 Å². The molecule has 9 heterocycles. The third-order valence-electron chi connectivity index (χ3n) is 13.9. The first-order chi connectivity index (χ1) is 39.1. The number of carbonyl (C=O) groups excluding carboxylic acids is 19. The van der Waals surface area contributed by atoms with E-state index in [2.05, 4.69) is 19.2 Å². The summed E-state index contributed by atoms with van der Waals surface area (Å²) < 4.78 is 0. The molecule has 0 spiro atoms. The number of nitrogens with one attached hydrogen (secondary N) is 1. The molecule has 0 saturated carbocycles. The fourth-order valence-corrected chi connectivity index (χ4v) is 7.83. The maximum absolute atomic E-state index is 11.7. The van der Waals surface area contributed by atoms with E-state index in [1.165, 1.54) is 97.1 Å². The maximum atomic E-state index is 11.7. The van der Waals surface area contributed by atoms with E-state index in [0.717, 1.165) is 16.2 Å². The van der Waals surface area contributed by atoms with E-state index in [1.54, 1.807) is 14.1 Å². The van der Waals surface area contributed by atoms with Gasteiger partial charge in [-0.15, -0.1) is 0 Å². The fraction of sp³-hybridized carbons (Fsp3) is 0.661. The van der Waals surface area contributed by atoms with Gasteiger partial charge in [-0.1, -0.05) is 41.5 Å². The molecule has 19 amide bonds. The summed E-state index contributed by atoms with van der Waals surface area (Å²) in [5, 5.41) is 2.48. The summed E-state index contributed by atoms with van der Waals surface area (Å²) in [6.07, 6.45) is 8.38. The Bertz CT molecular complexity index is 2210. The molecule has 100 heavy (non-hydrogen) atoms. The molecule has 3 unspecified atom stereocenters. The second-order valence-electron chi connectivity index (χ2n) is 20.0. The van der Waals surface area contributed by atoms with Crippen molar-refractivity contribution < 1.29 is 582 Å². The van der Waals surface area contributed by atoms with Crippen molar-refractivity contribution in [1.82, 2.24) is 49.4 Å². The molecule has 9 saturated heterocycles. The van der Waals surface area contributed by atoms with E-state index in [-0.39, 0.29) is 629 Å². The van der Waals surface area contributed by atoms with Gasteiger partial charge in [0.25, 0.3) is 0 Å². The van der Waals surface area contributed by atoms with Crippen LogP contribution < -0.4 is 5.32 Å². The monoisotopic (exact) mass is 2540 g/mol. The maximum Gasteiger partial charge on any atom is 0.232 e. The quantitative estimate of drug-likeness (QED) is 0.375. The van der Waals surface area contributed by atoms with Crippen molar-refractivity contribution in [2.75, 3.05) is 70.5 Å². The number of hydrogen-bond acceptors (Lipinski definition) is 19. The average molecular weight is 2540 g/mol. The molecule has 0 aliphatic carbocycles. The van der Waals surface area contributed by atoms with Gasteiger partial charge in [-0.2, -0.15) is 0 Å². The van der Waals surface area contributed by atoms with Gasteiger partial charge >= 0.3 is 0 Å². The zero-order valence-corrected chi connectivity index (χ0v) is 102. The van der Waals surface area contributed by atoms with Crippen LogP contribution in [0.1, 0.15) is 157 Å². The first-order valence-electron chi connectivity index (χ1n) is 27.5. The van der Waals surface area contributed by atoms with E-state index in [0.29, 0.717) is 96.3 Å². The van der Waals surface area contributed by atoms with Crippen LogP contribution in [0.25, 0.3) is 0 Å². The molecule has 9 fully saturated rings. The number of amides is 19. The normalized spacial score (nSPS) is 18.1. The van der Waals surface area contributed by atoms with Crippen molar-refractivity contribution in [3.63, 3.8) is 0 Å². The molecule has 44 heteroatoms. The van der Waals surface area contributed by atoms with Gasteiger partial charge in [-0.25, -0.2) is 0 Å². The summed E-state index contributed by atoms with van der Waals surface area (Å²) in [4.78, 5) is 214. The van der Waals surface area contributed by atoms with Crippen LogP contribution in [-0.4, -0.2) is 227 Å². The van der Waals surface area contributed by atoms with Crippen molar-refractivity contribution in [1.29, 1.82) is 0 Å². The molecule has 1 N–H and O–H groups in total. The third kappa shape index (κ3) is 56.6. The van der Waals surface area contributed by atoms with Gasteiger partial charge in [0.1, 0.15) is 0 Å². The smallest absolute Gasteiger partial charge is 0.232 e. The third-order valence-corrected chi connectivity index (χ3v) is 13.9. The van der Waals surface area contributed by atoms with E-state index in [4.69, 9.17) is 0 Å². The molecule has 521 valence electrons. The Morgan fingerprint density at radius 2 is 0.420 bits per heavy atom. The molecule has 0 aromatic rings. The molecule has 9 aliphatic rings. The van der Waals surface area contributed by atoms with Gasteiger partial charge in [0.15, 0.2) is 0 Å². The second-order valence-corrected chi connectivity index (χ2v) is 20.0. The predicted octanol–water partition coefficient (Wildman–Crippen LogP) is 0.536. The van der Waals surface area contributed by atoms with E-state index >= 15 is 0 Å². The Kier molecular flexibility index (Phi) is 123. The zero-order valence-electron chi connectivity index (χ0n) is 59.6. The predicted molar refractivity (Wildman–Crippen MR) is 302 cm³/mol. The van der Waals surface area contributed by atoms with Crippen LogP contribution in [0.2, 0.25) is 0 Å². The SMILES string of the molecule is C.CCC.CCC(=O)NC.CCC1CC(=O)N(C)C1=O.CN1C(=O)CC(CC2CC(=O)N(C)C2=O)C1=O.CN1C(=O)CCC1=O.CN1C(=O)CCC1=O.CN1C(=O)CCC1=O.CN1C(=O)CCC1=O.CN1C(=O)CCC1=O.CN1C(=O)CCC1=O.[Y].[Y].[Y].[Y].[Y].[Y].[Y].[Y].[Y].[Y].[Y].[Y].[Y].[Y].[Y]. The van der Waals surface area contributed by atoms with Crippen LogP contribution >= 0.6 is 0 Å². The minimum Gasteiger partial charge on any atom is -0.359 e. The Labute approximate surface area is 967 Å². The van der Waals surface area contributed by atoms with Crippen LogP contribution in [0, 0.1) is 17.8 Å². The molecular formula is C56H88N10O19Y15. The molecule has 0 bridgehead atoms. The molecule has 9 aliphatic heterocycles. The summed E-state index contributed by atoms with van der Waals surface area (Å²) in [5.41, 5.74) is 0. The first kappa shape index (κ1) is 150. The molecule has 9 rings (SSSR count). The number of carbonyl (C=O) groups is 19. The Morgan fingerprint density at radius 1 is 0.280 bits per heavy atom. The van der Waals surface area contributed by atoms with Crippen LogP contribution in [0.4, 0.5) is 0 Å². The topological polar surface area (TPSA) is 366 Å². The summed E-state index contributed by atoms with van der Waals surface area (Å²) in [6.45, 7) is 7.99. The van der Waals surface area contributed by atoms with Crippen molar-refractivity contribution in [2.45, 2.75) is 157 Å². The summed E-state index contributed by atoms with van der Waals surface area (Å²) in [5.74, 6) is -2.55. The Balaban J connectivity index is -0.0000000511. The number of rotatable bonds is 4. The molecule has 15 radical (unpaired) electrons. The fourth-order valence-electron chi connectivity index (χ4n) is 7.83. The van der Waals surface area contributed by atoms with Crippen molar-refractivity contribution >= 4 is 112 Å². The average Bonchev–Trinajstić information content (AvgIpc) is 1.67. The molecular weight excluding hydrogens is 2450 g/mol. The van der Waals surface area contributed by atoms with Gasteiger partial charge in [0, 0.05) is 682 Å². The summed E-state index contributed by atoms with van der Waals surface area (Å²) >= 11 is 0. The molecule has 0 aromatic carbocycles. The molecule has 0 aromatic heterocycles. The van der Waals surface area contributed by atoms with Crippen molar-refractivity contribution in [3.8, 4) is 0 Å². The largest absolute Gasteiger partial charge is 0.359 e. The second kappa shape index (κ2) is 82.4. The van der Waals surface area contributed by atoms with Crippen LogP contribution in [0.3, 0.4) is 0 Å².